The zero-order chi connectivity index (χ0) is 11.5. The molecule has 1 rings (SSSR count). The van der Waals surface area contributed by atoms with Crippen LogP contribution in [-0.2, 0) is 9.84 Å². The lowest BCUT2D eigenvalue weighted by Gasteiger charge is -2.11. The minimum atomic E-state index is -3.13. The number of halogens is 1. The molecule has 0 aliphatic carbocycles. The Bertz CT molecular complexity index is 431. The second-order valence-electron chi connectivity index (χ2n) is 3.36. The Hall–Kier alpha value is -0.940. The topological polar surface area (TPSA) is 60.2 Å². The lowest BCUT2D eigenvalue weighted by atomic mass is 10.1. The molecule has 0 saturated carbocycles. The van der Waals surface area contributed by atoms with Crippen LogP contribution >= 0.6 is 0 Å². The van der Waals surface area contributed by atoms with Gasteiger partial charge in [0.05, 0.1) is 5.75 Å². The molecule has 1 atom stereocenters. The summed E-state index contributed by atoms with van der Waals surface area (Å²) in [6.45, 7) is 1.56. The summed E-state index contributed by atoms with van der Waals surface area (Å²) in [6.07, 6.45) is 0. The summed E-state index contributed by atoms with van der Waals surface area (Å²) in [6, 6.07) is 5.04. The summed E-state index contributed by atoms with van der Waals surface area (Å²) >= 11 is 0. The molecule has 2 N–H and O–H groups in total. The Labute approximate surface area is 89.0 Å². The molecule has 0 aromatic heterocycles. The maximum Gasteiger partial charge on any atom is 0.151 e. The van der Waals surface area contributed by atoms with E-state index < -0.39 is 21.7 Å². The van der Waals surface area contributed by atoms with Crippen molar-refractivity contribution in [3.63, 3.8) is 0 Å². The van der Waals surface area contributed by atoms with Gasteiger partial charge in [-0.2, -0.15) is 0 Å². The van der Waals surface area contributed by atoms with Gasteiger partial charge in [0.2, 0.25) is 0 Å². The Morgan fingerprint density at radius 1 is 1.47 bits per heavy atom. The second-order valence-corrected chi connectivity index (χ2v) is 5.76. The van der Waals surface area contributed by atoms with Crippen molar-refractivity contribution in [2.75, 3.05) is 11.5 Å². The van der Waals surface area contributed by atoms with E-state index in [1.54, 1.807) is 13.0 Å². The normalized spacial score (nSPS) is 13.8. The number of rotatable bonds is 4. The van der Waals surface area contributed by atoms with Gasteiger partial charge in [0.15, 0.2) is 9.84 Å². The number of sulfone groups is 1. The fraction of sp³-hybridized carbons (Fsp3) is 0.400. The highest BCUT2D eigenvalue weighted by Crippen LogP contribution is 2.13. The van der Waals surface area contributed by atoms with Gasteiger partial charge in [0, 0.05) is 11.8 Å². The van der Waals surface area contributed by atoms with Gasteiger partial charge in [-0.1, -0.05) is 19.1 Å². The highest BCUT2D eigenvalue weighted by molar-refractivity contribution is 7.91. The summed E-state index contributed by atoms with van der Waals surface area (Å²) in [7, 11) is -3.13. The van der Waals surface area contributed by atoms with E-state index >= 15 is 0 Å². The van der Waals surface area contributed by atoms with Crippen molar-refractivity contribution in [2.24, 2.45) is 5.73 Å². The van der Waals surface area contributed by atoms with Crippen LogP contribution in [0.15, 0.2) is 24.3 Å². The van der Waals surface area contributed by atoms with Crippen molar-refractivity contribution in [2.45, 2.75) is 13.0 Å². The zero-order valence-electron chi connectivity index (χ0n) is 8.48. The van der Waals surface area contributed by atoms with E-state index in [2.05, 4.69) is 0 Å². The SMILES string of the molecule is CCS(=O)(=O)C[C@@H](N)c1cccc(F)c1. The van der Waals surface area contributed by atoms with Crippen molar-refractivity contribution in [1.82, 2.24) is 0 Å². The molecular formula is C10H14FNO2S. The van der Waals surface area contributed by atoms with Gasteiger partial charge in [0.25, 0.3) is 0 Å². The predicted octanol–water partition coefficient (Wildman–Crippen LogP) is 1.26. The fourth-order valence-electron chi connectivity index (χ4n) is 1.22. The van der Waals surface area contributed by atoms with E-state index in [0.717, 1.165) is 0 Å². The molecule has 5 heteroatoms. The first-order chi connectivity index (χ1) is 6.94. The minimum Gasteiger partial charge on any atom is -0.323 e. The fourth-order valence-corrected chi connectivity index (χ4v) is 2.20. The summed E-state index contributed by atoms with van der Waals surface area (Å²) in [5.41, 5.74) is 6.19. The summed E-state index contributed by atoms with van der Waals surface area (Å²) in [5, 5.41) is 0. The third kappa shape index (κ3) is 3.60. The summed E-state index contributed by atoms with van der Waals surface area (Å²) in [4.78, 5) is 0. The maximum absolute atomic E-state index is 12.8. The molecule has 0 radical (unpaired) electrons. The molecule has 3 nitrogen and oxygen atoms in total. The molecule has 15 heavy (non-hydrogen) atoms. The van der Waals surface area contributed by atoms with Gasteiger partial charge in [-0.05, 0) is 17.7 Å². The van der Waals surface area contributed by atoms with Gasteiger partial charge >= 0.3 is 0 Å². The third-order valence-electron chi connectivity index (χ3n) is 2.15. The van der Waals surface area contributed by atoms with E-state index in [9.17, 15) is 12.8 Å². The molecule has 0 aliphatic heterocycles. The van der Waals surface area contributed by atoms with Crippen molar-refractivity contribution < 1.29 is 12.8 Å². The lowest BCUT2D eigenvalue weighted by Crippen LogP contribution is -2.22. The van der Waals surface area contributed by atoms with E-state index in [1.165, 1.54) is 18.2 Å². The van der Waals surface area contributed by atoms with Crippen LogP contribution in [0.4, 0.5) is 4.39 Å². The van der Waals surface area contributed by atoms with E-state index in [4.69, 9.17) is 5.73 Å². The Morgan fingerprint density at radius 3 is 2.67 bits per heavy atom. The van der Waals surface area contributed by atoms with Gasteiger partial charge in [-0.15, -0.1) is 0 Å². The zero-order valence-corrected chi connectivity index (χ0v) is 9.30. The molecular weight excluding hydrogens is 217 g/mol. The van der Waals surface area contributed by atoms with Gasteiger partial charge < -0.3 is 5.73 Å². The minimum absolute atomic E-state index is 0.0516. The van der Waals surface area contributed by atoms with Gasteiger partial charge in [-0.3, -0.25) is 0 Å². The molecule has 0 heterocycles. The molecule has 0 saturated heterocycles. The van der Waals surface area contributed by atoms with Crippen molar-refractivity contribution in [3.05, 3.63) is 35.6 Å². The largest absolute Gasteiger partial charge is 0.323 e. The number of nitrogens with two attached hydrogens (primary N) is 1. The molecule has 84 valence electrons. The molecule has 0 spiro atoms. The average Bonchev–Trinajstić information content (AvgIpc) is 2.17. The monoisotopic (exact) mass is 231 g/mol. The lowest BCUT2D eigenvalue weighted by molar-refractivity contribution is 0.588. The molecule has 0 unspecified atom stereocenters. The first-order valence-electron chi connectivity index (χ1n) is 4.66. The van der Waals surface area contributed by atoms with Crippen LogP contribution in [-0.4, -0.2) is 19.9 Å². The van der Waals surface area contributed by atoms with Crippen LogP contribution < -0.4 is 5.73 Å². The first kappa shape index (κ1) is 12.1. The molecule has 1 aromatic rings. The van der Waals surface area contributed by atoms with Crippen LogP contribution in [0.25, 0.3) is 0 Å². The Kier molecular flexibility index (Phi) is 3.82. The Balaban J connectivity index is 2.82. The standard InChI is InChI=1S/C10H14FNO2S/c1-2-15(13,14)7-10(12)8-4-3-5-9(11)6-8/h3-6,10H,2,7,12H2,1H3/t10-/m1/s1. The number of hydrogen-bond donors (Lipinski definition) is 1. The molecule has 0 fully saturated rings. The summed E-state index contributed by atoms with van der Waals surface area (Å²) in [5.74, 6) is -0.500. The molecule has 1 aromatic carbocycles. The predicted molar refractivity (Wildman–Crippen MR) is 57.7 cm³/mol. The van der Waals surface area contributed by atoms with E-state index in [0.29, 0.717) is 5.56 Å². The smallest absolute Gasteiger partial charge is 0.151 e. The molecule has 0 aliphatic rings. The first-order valence-corrected chi connectivity index (χ1v) is 6.48. The van der Waals surface area contributed by atoms with Crippen LogP contribution in [0, 0.1) is 5.82 Å². The highest BCUT2D eigenvalue weighted by Gasteiger charge is 2.15. The van der Waals surface area contributed by atoms with Crippen molar-refractivity contribution >= 4 is 9.84 Å². The van der Waals surface area contributed by atoms with Crippen LogP contribution in [0.3, 0.4) is 0 Å². The molecule has 0 amide bonds. The van der Waals surface area contributed by atoms with Gasteiger partial charge in [0.1, 0.15) is 5.82 Å². The van der Waals surface area contributed by atoms with Crippen molar-refractivity contribution in [1.29, 1.82) is 0 Å². The molecule has 0 bridgehead atoms. The maximum atomic E-state index is 12.8. The van der Waals surface area contributed by atoms with Crippen LogP contribution in [0.2, 0.25) is 0 Å². The summed E-state index contributed by atoms with van der Waals surface area (Å²) < 4.78 is 35.4. The van der Waals surface area contributed by atoms with E-state index in [-0.39, 0.29) is 11.5 Å². The quantitative estimate of drug-likeness (QED) is 0.848. The van der Waals surface area contributed by atoms with E-state index in [1.807, 2.05) is 0 Å². The van der Waals surface area contributed by atoms with Crippen LogP contribution in [0.1, 0.15) is 18.5 Å². The third-order valence-corrected chi connectivity index (χ3v) is 3.90. The second kappa shape index (κ2) is 4.72. The number of benzene rings is 1. The average molecular weight is 231 g/mol. The van der Waals surface area contributed by atoms with Crippen LogP contribution in [0.5, 0.6) is 0 Å². The van der Waals surface area contributed by atoms with Crippen molar-refractivity contribution in [3.8, 4) is 0 Å². The Morgan fingerprint density at radius 2 is 2.13 bits per heavy atom. The highest BCUT2D eigenvalue weighted by atomic mass is 32.2. The number of hydrogen-bond acceptors (Lipinski definition) is 3. The van der Waals surface area contributed by atoms with Gasteiger partial charge in [-0.25, -0.2) is 12.8 Å².